The summed E-state index contributed by atoms with van der Waals surface area (Å²) in [5, 5.41) is 0. The van der Waals surface area contributed by atoms with Gasteiger partial charge in [0.25, 0.3) is 10.1 Å². The van der Waals surface area contributed by atoms with E-state index in [-0.39, 0.29) is 17.7 Å². The van der Waals surface area contributed by atoms with Crippen LogP contribution in [0, 0.1) is 0 Å². The fraction of sp³-hybridized carbons (Fsp3) is 0.556. The molecule has 0 amide bonds. The van der Waals surface area contributed by atoms with Crippen molar-refractivity contribution < 1.29 is 36.8 Å². The number of carbonyl (C=O) groups excluding carboxylic acids is 2. The molecule has 8 nitrogen and oxygen atoms in total. The van der Waals surface area contributed by atoms with E-state index in [1.165, 1.54) is 0 Å². The van der Waals surface area contributed by atoms with Crippen LogP contribution in [0.2, 0.25) is 0 Å². The second-order valence-electron chi connectivity index (χ2n) is 7.92. The average Bonchev–Trinajstić information content (AvgIpc) is 2.68. The van der Waals surface area contributed by atoms with Crippen molar-refractivity contribution in [1.29, 1.82) is 0 Å². The topological polar surface area (TPSA) is 116 Å². The van der Waals surface area contributed by atoms with Crippen molar-refractivity contribution in [3.63, 3.8) is 0 Å². The van der Waals surface area contributed by atoms with Crippen molar-refractivity contribution in [2.45, 2.75) is 37.9 Å². The van der Waals surface area contributed by atoms with Crippen molar-refractivity contribution in [3.8, 4) is 0 Å². The van der Waals surface area contributed by atoms with Crippen molar-refractivity contribution in [3.05, 3.63) is 27.8 Å². The summed E-state index contributed by atoms with van der Waals surface area (Å²) in [4.78, 5) is 26.1. The minimum atomic E-state index is -4.28. The summed E-state index contributed by atoms with van der Waals surface area (Å²) >= 11 is 0. The van der Waals surface area contributed by atoms with Gasteiger partial charge in [-0.2, -0.15) is 8.42 Å². The molecule has 31 heavy (non-hydrogen) atoms. The zero-order chi connectivity index (χ0) is 23.4. The first-order valence-corrected chi connectivity index (χ1v) is 12.2. The number of rotatable bonds is 10. The molecule has 1 N–H and O–H groups in total. The predicted octanol–water partition coefficient (Wildman–Crippen LogP) is -3.28. The third-order valence-corrected chi connectivity index (χ3v) is 6.42. The molecule has 0 bridgehead atoms. The fourth-order valence-electron chi connectivity index (χ4n) is 3.99. The van der Waals surface area contributed by atoms with Gasteiger partial charge >= 0.3 is 11.9 Å². The molecule has 0 saturated carbocycles. The molecule has 1 aliphatic rings. The molecule has 0 aromatic heterocycles. The Kier molecular flexibility index (Phi) is 8.47. The standard InChI is InChI=1S/C18H28B4O8S/c1-18(2-3-30-18)9-29-17(24)14-13(16(23)28-4-5-31(25,26)27)11(7-20)10(6-19)12(8-21)15(14)22/h2-9,19-22H2,1H3,(H,25,26,27). The Labute approximate surface area is 187 Å². The predicted molar refractivity (Wildman–Crippen MR) is 127 cm³/mol. The van der Waals surface area contributed by atoms with Crippen LogP contribution in [-0.2, 0) is 43.3 Å². The molecule has 1 heterocycles. The van der Waals surface area contributed by atoms with Crippen molar-refractivity contribution in [2.24, 2.45) is 0 Å². The lowest BCUT2D eigenvalue weighted by molar-refractivity contribution is -0.158. The Morgan fingerprint density at radius 2 is 1.58 bits per heavy atom. The summed E-state index contributed by atoms with van der Waals surface area (Å²) < 4.78 is 47.0. The molecule has 1 saturated heterocycles. The molecule has 13 heteroatoms. The zero-order valence-electron chi connectivity index (χ0n) is 18.9. The highest BCUT2D eigenvalue weighted by Gasteiger charge is 2.36. The van der Waals surface area contributed by atoms with Gasteiger partial charge in [0.2, 0.25) is 0 Å². The van der Waals surface area contributed by atoms with Crippen molar-refractivity contribution in [2.75, 3.05) is 25.6 Å². The number of carbonyl (C=O) groups is 2. The maximum absolute atomic E-state index is 13.1. The van der Waals surface area contributed by atoms with Crippen LogP contribution in [-0.4, -0.2) is 87.5 Å². The van der Waals surface area contributed by atoms with Gasteiger partial charge in [-0.15, -0.1) is 0 Å². The second kappa shape index (κ2) is 10.3. The SMILES string of the molecule is BCc1c(B)c(C(=O)OCC2(C)CCO2)c(C(=O)OCCS(=O)(=O)O)c(CB)c1CB. The van der Waals surface area contributed by atoms with E-state index in [1.807, 2.05) is 30.5 Å². The van der Waals surface area contributed by atoms with Gasteiger partial charge in [0, 0.05) is 6.42 Å². The van der Waals surface area contributed by atoms with Crippen LogP contribution in [0.1, 0.15) is 50.8 Å². The summed E-state index contributed by atoms with van der Waals surface area (Å²) in [7, 11) is 3.36. The van der Waals surface area contributed by atoms with Gasteiger partial charge in [0.05, 0.1) is 17.7 Å². The van der Waals surface area contributed by atoms with E-state index < -0.39 is 40.0 Å². The number of hydrogen-bond donors (Lipinski definition) is 1. The van der Waals surface area contributed by atoms with Crippen LogP contribution in [0.4, 0.5) is 0 Å². The first-order valence-electron chi connectivity index (χ1n) is 10.6. The number of ether oxygens (including phenoxy) is 3. The van der Waals surface area contributed by atoms with Crippen LogP contribution >= 0.6 is 0 Å². The Hall–Kier alpha value is -1.71. The first kappa shape index (κ1) is 25.5. The molecule has 2 rings (SSSR count). The van der Waals surface area contributed by atoms with E-state index in [0.717, 1.165) is 17.5 Å². The molecular formula is C18H28B4O8S. The normalized spacial score (nSPS) is 18.3. The van der Waals surface area contributed by atoms with Crippen LogP contribution in [0.25, 0.3) is 0 Å². The highest BCUT2D eigenvalue weighted by molar-refractivity contribution is 7.85. The molecule has 166 valence electrons. The van der Waals surface area contributed by atoms with Crippen LogP contribution in [0.15, 0.2) is 0 Å². The van der Waals surface area contributed by atoms with Gasteiger partial charge in [0.1, 0.15) is 56.0 Å². The third kappa shape index (κ3) is 5.96. The lowest BCUT2D eigenvalue weighted by Gasteiger charge is -2.37. The van der Waals surface area contributed by atoms with Crippen LogP contribution in [0.5, 0.6) is 0 Å². The van der Waals surface area contributed by atoms with Gasteiger partial charge in [-0.1, -0.05) is 35.6 Å². The number of hydrogen-bond acceptors (Lipinski definition) is 7. The van der Waals surface area contributed by atoms with Gasteiger partial charge in [0.15, 0.2) is 0 Å². The maximum Gasteiger partial charge on any atom is 0.339 e. The summed E-state index contributed by atoms with van der Waals surface area (Å²) in [6.07, 6.45) is 2.61. The average molecular weight is 448 g/mol. The number of esters is 2. The highest BCUT2D eigenvalue weighted by Crippen LogP contribution is 2.28. The van der Waals surface area contributed by atoms with Gasteiger partial charge in [-0.3, -0.25) is 4.55 Å². The van der Waals surface area contributed by atoms with E-state index in [9.17, 15) is 18.0 Å². The molecular weight excluding hydrogens is 420 g/mol. The largest absolute Gasteiger partial charge is 0.461 e. The lowest BCUT2D eigenvalue weighted by atomic mass is 9.70. The van der Waals surface area contributed by atoms with Crippen molar-refractivity contribution in [1.82, 2.24) is 0 Å². The monoisotopic (exact) mass is 448 g/mol. The highest BCUT2D eigenvalue weighted by atomic mass is 32.2. The van der Waals surface area contributed by atoms with E-state index in [4.69, 9.17) is 18.8 Å². The Morgan fingerprint density at radius 1 is 1.03 bits per heavy atom. The number of benzene rings is 1. The lowest BCUT2D eigenvalue weighted by Crippen LogP contribution is -2.45. The van der Waals surface area contributed by atoms with Gasteiger partial charge in [-0.05, 0) is 12.5 Å². The summed E-state index contributed by atoms with van der Waals surface area (Å²) in [6.45, 7) is 2.03. The summed E-state index contributed by atoms with van der Waals surface area (Å²) in [5.41, 5.74) is 3.05. The van der Waals surface area contributed by atoms with E-state index in [2.05, 4.69) is 0 Å². The summed E-state index contributed by atoms with van der Waals surface area (Å²) in [6, 6.07) is 0. The zero-order valence-corrected chi connectivity index (χ0v) is 19.7. The molecule has 1 aliphatic heterocycles. The quantitative estimate of drug-likeness (QED) is 0.226. The second-order valence-corrected chi connectivity index (χ2v) is 9.49. The Morgan fingerprint density at radius 3 is 2.03 bits per heavy atom. The fourth-order valence-corrected chi connectivity index (χ4v) is 4.29. The van der Waals surface area contributed by atoms with Gasteiger partial charge in [-0.25, -0.2) is 9.59 Å². The Bertz CT molecular complexity index is 960. The molecule has 1 unspecified atom stereocenters. The van der Waals surface area contributed by atoms with Crippen molar-refractivity contribution >= 4 is 58.9 Å². The molecule has 1 aromatic carbocycles. The summed E-state index contributed by atoms with van der Waals surface area (Å²) in [5.74, 6) is -2.16. The molecule has 0 spiro atoms. The first-order chi connectivity index (χ1) is 14.5. The molecule has 1 aromatic rings. The maximum atomic E-state index is 13.1. The van der Waals surface area contributed by atoms with E-state index in [1.54, 1.807) is 7.85 Å². The molecule has 0 aliphatic carbocycles. The van der Waals surface area contributed by atoms with E-state index in [0.29, 0.717) is 36.6 Å². The molecule has 1 fully saturated rings. The Balaban J connectivity index is 2.51. The minimum Gasteiger partial charge on any atom is -0.461 e. The molecule has 0 radical (unpaired) electrons. The molecule has 1 atom stereocenters. The minimum absolute atomic E-state index is 0.0704. The van der Waals surface area contributed by atoms with Gasteiger partial charge < -0.3 is 14.2 Å². The van der Waals surface area contributed by atoms with Crippen LogP contribution in [0.3, 0.4) is 0 Å². The van der Waals surface area contributed by atoms with E-state index >= 15 is 0 Å². The third-order valence-electron chi connectivity index (χ3n) is 5.74. The van der Waals surface area contributed by atoms with Crippen LogP contribution < -0.4 is 5.46 Å². The smallest absolute Gasteiger partial charge is 0.339 e.